The van der Waals surface area contributed by atoms with E-state index in [1.807, 2.05) is 0 Å². The summed E-state index contributed by atoms with van der Waals surface area (Å²) in [6, 6.07) is -0.400. The first-order chi connectivity index (χ1) is 7.99. The van der Waals surface area contributed by atoms with Crippen LogP contribution in [0, 0.1) is 11.8 Å². The summed E-state index contributed by atoms with van der Waals surface area (Å²) >= 11 is 0. The van der Waals surface area contributed by atoms with Gasteiger partial charge in [-0.05, 0) is 37.5 Å². The van der Waals surface area contributed by atoms with E-state index in [1.165, 1.54) is 0 Å². The van der Waals surface area contributed by atoms with E-state index in [2.05, 4.69) is 19.2 Å². The van der Waals surface area contributed by atoms with Crippen molar-refractivity contribution in [2.75, 3.05) is 6.54 Å². The number of rotatable bonds is 5. The maximum Gasteiger partial charge on any atom is 0.236 e. The van der Waals surface area contributed by atoms with Gasteiger partial charge >= 0.3 is 0 Å². The van der Waals surface area contributed by atoms with E-state index in [0.29, 0.717) is 18.4 Å². The summed E-state index contributed by atoms with van der Waals surface area (Å²) in [6.45, 7) is 4.77. The maximum absolute atomic E-state index is 11.7. The van der Waals surface area contributed by atoms with Crippen molar-refractivity contribution in [1.29, 1.82) is 0 Å². The van der Waals surface area contributed by atoms with Gasteiger partial charge in [-0.2, -0.15) is 0 Å². The molecule has 1 amide bonds. The average Bonchev–Trinajstić information content (AvgIpc) is 2.25. The van der Waals surface area contributed by atoms with Crippen molar-refractivity contribution in [2.45, 2.75) is 58.1 Å². The number of hydrogen-bond acceptors (Lipinski definition) is 3. The molecule has 0 aliphatic heterocycles. The van der Waals surface area contributed by atoms with Crippen LogP contribution in [0.2, 0.25) is 0 Å². The molecule has 17 heavy (non-hydrogen) atoms. The highest BCUT2D eigenvalue weighted by atomic mass is 16.3. The molecule has 0 spiro atoms. The van der Waals surface area contributed by atoms with Crippen LogP contribution in [0.25, 0.3) is 0 Å². The first-order valence-corrected chi connectivity index (χ1v) is 6.70. The fourth-order valence-corrected chi connectivity index (χ4v) is 2.44. The van der Waals surface area contributed by atoms with Crippen molar-refractivity contribution in [3.05, 3.63) is 0 Å². The molecular weight excluding hydrogens is 216 g/mol. The lowest BCUT2D eigenvalue weighted by molar-refractivity contribution is -0.123. The summed E-state index contributed by atoms with van der Waals surface area (Å²) in [5, 5.41) is 12.4. The minimum atomic E-state index is -0.400. The molecule has 0 aromatic heterocycles. The minimum absolute atomic E-state index is 0.0567. The molecule has 3 atom stereocenters. The van der Waals surface area contributed by atoms with E-state index in [-0.39, 0.29) is 12.0 Å². The van der Waals surface area contributed by atoms with Crippen molar-refractivity contribution in [3.8, 4) is 0 Å². The topological polar surface area (TPSA) is 75.4 Å². The fourth-order valence-electron chi connectivity index (χ4n) is 2.44. The molecule has 1 aliphatic carbocycles. The highest BCUT2D eigenvalue weighted by Gasteiger charge is 2.21. The first kappa shape index (κ1) is 14.5. The number of nitrogens with two attached hydrogens (primary N) is 1. The molecule has 100 valence electrons. The summed E-state index contributed by atoms with van der Waals surface area (Å²) in [7, 11) is 0. The van der Waals surface area contributed by atoms with Crippen LogP contribution < -0.4 is 11.1 Å². The summed E-state index contributed by atoms with van der Waals surface area (Å²) in [6.07, 6.45) is 4.39. The van der Waals surface area contributed by atoms with Crippen LogP contribution in [0.15, 0.2) is 0 Å². The van der Waals surface area contributed by atoms with Crippen molar-refractivity contribution < 1.29 is 9.90 Å². The van der Waals surface area contributed by atoms with Crippen LogP contribution in [0.4, 0.5) is 0 Å². The third-order valence-corrected chi connectivity index (χ3v) is 3.38. The Morgan fingerprint density at radius 2 is 2.18 bits per heavy atom. The van der Waals surface area contributed by atoms with Gasteiger partial charge in [0.25, 0.3) is 0 Å². The van der Waals surface area contributed by atoms with E-state index in [1.54, 1.807) is 0 Å². The predicted octanol–water partition coefficient (Wildman–Crippen LogP) is 1.03. The van der Waals surface area contributed by atoms with Crippen LogP contribution in [-0.4, -0.2) is 29.7 Å². The average molecular weight is 242 g/mol. The molecule has 0 radical (unpaired) electrons. The second kappa shape index (κ2) is 6.97. The number of carbonyl (C=O) groups is 1. The van der Waals surface area contributed by atoms with E-state index in [4.69, 9.17) is 5.73 Å². The summed E-state index contributed by atoms with van der Waals surface area (Å²) in [4.78, 5) is 11.7. The number of nitrogens with one attached hydrogen (secondary N) is 1. The molecule has 1 fully saturated rings. The minimum Gasteiger partial charge on any atom is -0.393 e. The molecule has 0 heterocycles. The molecule has 0 bridgehead atoms. The zero-order chi connectivity index (χ0) is 12.8. The molecule has 0 aromatic carbocycles. The van der Waals surface area contributed by atoms with Gasteiger partial charge in [-0.15, -0.1) is 0 Å². The molecular formula is C13H26N2O2. The van der Waals surface area contributed by atoms with E-state index in [0.717, 1.165) is 32.1 Å². The zero-order valence-corrected chi connectivity index (χ0v) is 11.0. The number of aliphatic hydroxyl groups excluding tert-OH is 1. The van der Waals surface area contributed by atoms with Gasteiger partial charge in [-0.25, -0.2) is 0 Å². The smallest absolute Gasteiger partial charge is 0.236 e. The largest absolute Gasteiger partial charge is 0.393 e. The molecule has 3 unspecified atom stereocenters. The van der Waals surface area contributed by atoms with E-state index < -0.39 is 6.04 Å². The van der Waals surface area contributed by atoms with Gasteiger partial charge in [0.15, 0.2) is 0 Å². The molecule has 0 saturated heterocycles. The molecule has 4 N–H and O–H groups in total. The SMILES string of the molecule is CC(C)CC(N)C(=O)NCC1CCCC(O)C1. The number of carbonyl (C=O) groups excluding carboxylic acids is 1. The van der Waals surface area contributed by atoms with Gasteiger partial charge in [-0.3, -0.25) is 4.79 Å². The lowest BCUT2D eigenvalue weighted by atomic mass is 9.87. The summed E-state index contributed by atoms with van der Waals surface area (Å²) in [5.41, 5.74) is 5.80. The Labute approximate surface area is 104 Å². The van der Waals surface area contributed by atoms with Crippen LogP contribution in [0.1, 0.15) is 46.0 Å². The zero-order valence-electron chi connectivity index (χ0n) is 11.0. The Morgan fingerprint density at radius 1 is 1.47 bits per heavy atom. The van der Waals surface area contributed by atoms with Gasteiger partial charge in [-0.1, -0.05) is 20.3 Å². The van der Waals surface area contributed by atoms with Gasteiger partial charge in [0, 0.05) is 6.54 Å². The third kappa shape index (κ3) is 5.50. The first-order valence-electron chi connectivity index (χ1n) is 6.70. The van der Waals surface area contributed by atoms with Crippen molar-refractivity contribution in [2.24, 2.45) is 17.6 Å². The molecule has 1 rings (SSSR count). The van der Waals surface area contributed by atoms with Crippen LogP contribution in [0.5, 0.6) is 0 Å². The van der Waals surface area contributed by atoms with Crippen LogP contribution >= 0.6 is 0 Å². The molecule has 0 aromatic rings. The van der Waals surface area contributed by atoms with E-state index in [9.17, 15) is 9.90 Å². The fraction of sp³-hybridized carbons (Fsp3) is 0.923. The summed E-state index contributed by atoms with van der Waals surface area (Å²) in [5.74, 6) is 0.792. The van der Waals surface area contributed by atoms with Crippen molar-refractivity contribution in [3.63, 3.8) is 0 Å². The molecule has 4 heteroatoms. The second-order valence-corrected chi connectivity index (χ2v) is 5.67. The highest BCUT2D eigenvalue weighted by molar-refractivity contribution is 5.81. The Bertz CT molecular complexity index is 244. The van der Waals surface area contributed by atoms with Gasteiger partial charge in [0.05, 0.1) is 12.1 Å². The lowest BCUT2D eigenvalue weighted by Crippen LogP contribution is -2.43. The maximum atomic E-state index is 11.7. The predicted molar refractivity (Wildman–Crippen MR) is 68.4 cm³/mol. The van der Waals surface area contributed by atoms with Crippen molar-refractivity contribution in [1.82, 2.24) is 5.32 Å². The Kier molecular flexibility index (Phi) is 5.92. The van der Waals surface area contributed by atoms with Gasteiger partial charge in [0.1, 0.15) is 0 Å². The molecule has 1 aliphatic rings. The van der Waals surface area contributed by atoms with Gasteiger partial charge < -0.3 is 16.2 Å². The third-order valence-electron chi connectivity index (χ3n) is 3.38. The highest BCUT2D eigenvalue weighted by Crippen LogP contribution is 2.23. The monoisotopic (exact) mass is 242 g/mol. The lowest BCUT2D eigenvalue weighted by Gasteiger charge is -2.26. The van der Waals surface area contributed by atoms with E-state index >= 15 is 0 Å². The second-order valence-electron chi connectivity index (χ2n) is 5.67. The van der Waals surface area contributed by atoms with Crippen LogP contribution in [-0.2, 0) is 4.79 Å². The van der Waals surface area contributed by atoms with Crippen LogP contribution in [0.3, 0.4) is 0 Å². The Morgan fingerprint density at radius 3 is 2.76 bits per heavy atom. The normalized spacial score (nSPS) is 26.9. The Hall–Kier alpha value is -0.610. The molecule has 4 nitrogen and oxygen atoms in total. The molecule has 1 saturated carbocycles. The van der Waals surface area contributed by atoms with Crippen molar-refractivity contribution >= 4 is 5.91 Å². The number of aliphatic hydroxyl groups is 1. The summed E-state index contributed by atoms with van der Waals surface area (Å²) < 4.78 is 0. The van der Waals surface area contributed by atoms with Gasteiger partial charge in [0.2, 0.25) is 5.91 Å². The number of hydrogen-bond donors (Lipinski definition) is 3. The standard InChI is InChI=1S/C13H26N2O2/c1-9(2)6-12(14)13(17)15-8-10-4-3-5-11(16)7-10/h9-12,16H,3-8,14H2,1-2H3,(H,15,17). The Balaban J connectivity index is 2.22. The number of amides is 1. The quantitative estimate of drug-likeness (QED) is 0.674.